The number of alkyl halides is 2. The second kappa shape index (κ2) is 13.0. The standard InChI is InChI=1S/C31H37F3N6O4S/c1-19(2)25(16-35)37-30(42)24-15-31(33,34)10-9-23(24)29-28(26(18-41)40(38-29)27-8-5-21(32)17-36-27)20-3-6-22(7-4-20)39-11-13-45(43,44)14-12-39/h3-8,17,19,23-25,41,43-44H,9-15,18H2,1-2H3,(H,37,42)/t23-,24-,25-/m1/s1. The molecule has 4 N–H and O–H groups in total. The molecule has 0 radical (unpaired) electrons. The van der Waals surface area contributed by atoms with E-state index in [1.807, 2.05) is 23.1 Å². The van der Waals surface area contributed by atoms with Crippen LogP contribution in [0.5, 0.6) is 0 Å². The first-order valence-electron chi connectivity index (χ1n) is 14.8. The molecule has 0 unspecified atom stereocenters. The molecule has 10 nitrogen and oxygen atoms in total. The SMILES string of the molecule is CC(C)[C@@H](C#N)NC(=O)[C@@H]1CC(F)(F)CC[C@H]1c1nn(-c2ccc(F)cn2)c(CO)c1-c1ccc(N2CCS(O)(O)CC2)cc1. The lowest BCUT2D eigenvalue weighted by Gasteiger charge is -2.41. The average Bonchev–Trinajstić information content (AvgIpc) is 3.39. The minimum absolute atomic E-state index is 0.0754. The van der Waals surface area contributed by atoms with Gasteiger partial charge in [-0.3, -0.25) is 13.9 Å². The predicted molar refractivity (Wildman–Crippen MR) is 165 cm³/mol. The van der Waals surface area contributed by atoms with E-state index in [4.69, 9.17) is 5.10 Å². The number of rotatable bonds is 8. The average molecular weight is 647 g/mol. The monoisotopic (exact) mass is 646 g/mol. The van der Waals surface area contributed by atoms with Gasteiger partial charge in [0.15, 0.2) is 5.82 Å². The van der Waals surface area contributed by atoms with Gasteiger partial charge < -0.3 is 15.3 Å². The number of carbonyl (C=O) groups is 1. The number of carbonyl (C=O) groups excluding carboxylic acids is 1. The van der Waals surface area contributed by atoms with Crippen LogP contribution in [-0.4, -0.2) is 71.4 Å². The number of hydrogen-bond donors (Lipinski definition) is 4. The summed E-state index contributed by atoms with van der Waals surface area (Å²) in [7, 11) is -2.58. The summed E-state index contributed by atoms with van der Waals surface area (Å²) in [6.07, 6.45) is -0.280. The van der Waals surface area contributed by atoms with Crippen molar-refractivity contribution in [3.05, 3.63) is 59.8 Å². The van der Waals surface area contributed by atoms with Crippen molar-refractivity contribution in [2.75, 3.05) is 29.5 Å². The van der Waals surface area contributed by atoms with E-state index in [-0.39, 0.29) is 35.4 Å². The second-order valence-corrected chi connectivity index (χ2v) is 14.4. The van der Waals surface area contributed by atoms with E-state index >= 15 is 0 Å². The normalized spacial score (nSPS) is 22.4. The van der Waals surface area contributed by atoms with Crippen LogP contribution in [0.15, 0.2) is 42.6 Å². The zero-order valence-corrected chi connectivity index (χ0v) is 25.9. The lowest BCUT2D eigenvalue weighted by Crippen LogP contribution is -2.46. The first-order chi connectivity index (χ1) is 21.3. The molecule has 2 aromatic heterocycles. The molecule has 1 amide bonds. The van der Waals surface area contributed by atoms with Crippen LogP contribution >= 0.6 is 10.6 Å². The van der Waals surface area contributed by atoms with Gasteiger partial charge in [-0.1, -0.05) is 26.0 Å². The summed E-state index contributed by atoms with van der Waals surface area (Å²) >= 11 is 0. The molecule has 242 valence electrons. The molecule has 3 aromatic rings. The van der Waals surface area contributed by atoms with Gasteiger partial charge in [0.05, 0.1) is 47.7 Å². The van der Waals surface area contributed by atoms with E-state index in [1.165, 1.54) is 16.8 Å². The molecule has 2 fully saturated rings. The van der Waals surface area contributed by atoms with E-state index in [0.717, 1.165) is 11.9 Å². The fraction of sp³-hybridized carbons (Fsp3) is 0.484. The Labute approximate surface area is 261 Å². The number of halogens is 3. The van der Waals surface area contributed by atoms with Crippen LogP contribution in [-0.2, 0) is 11.4 Å². The highest BCUT2D eigenvalue weighted by Gasteiger charge is 2.47. The summed E-state index contributed by atoms with van der Waals surface area (Å²) in [4.78, 5) is 19.7. The molecular formula is C31H37F3N6O4S. The Balaban J connectivity index is 1.60. The van der Waals surface area contributed by atoms with Crippen LogP contribution in [0.1, 0.15) is 50.4 Å². The van der Waals surface area contributed by atoms with Crippen LogP contribution in [0.2, 0.25) is 0 Å². The molecule has 3 heterocycles. The Morgan fingerprint density at radius 3 is 2.44 bits per heavy atom. The number of nitriles is 1. The zero-order chi connectivity index (χ0) is 32.5. The van der Waals surface area contributed by atoms with Crippen molar-refractivity contribution in [3.8, 4) is 23.0 Å². The fourth-order valence-corrected chi connectivity index (χ4v) is 7.27. The van der Waals surface area contributed by atoms with Gasteiger partial charge in [0, 0.05) is 43.1 Å². The Kier molecular flexibility index (Phi) is 9.46. The summed E-state index contributed by atoms with van der Waals surface area (Å²) in [5.74, 6) is -5.86. The third-order valence-electron chi connectivity index (χ3n) is 8.60. The summed E-state index contributed by atoms with van der Waals surface area (Å²) < 4.78 is 64.8. The number of aliphatic hydroxyl groups is 1. The molecule has 0 spiro atoms. The van der Waals surface area contributed by atoms with Crippen molar-refractivity contribution >= 4 is 22.2 Å². The van der Waals surface area contributed by atoms with Gasteiger partial charge in [-0.25, -0.2) is 22.8 Å². The smallest absolute Gasteiger partial charge is 0.249 e. The minimum Gasteiger partial charge on any atom is -0.390 e. The largest absolute Gasteiger partial charge is 0.390 e. The van der Waals surface area contributed by atoms with E-state index in [2.05, 4.69) is 10.3 Å². The first kappa shape index (κ1) is 32.7. The summed E-state index contributed by atoms with van der Waals surface area (Å²) in [5.41, 5.74) is 2.52. The van der Waals surface area contributed by atoms with Crippen LogP contribution in [0.4, 0.5) is 18.9 Å². The molecule has 3 atom stereocenters. The maximum absolute atomic E-state index is 14.8. The van der Waals surface area contributed by atoms with Crippen molar-refractivity contribution < 1.29 is 32.2 Å². The van der Waals surface area contributed by atoms with E-state index in [9.17, 15) is 37.4 Å². The number of nitrogens with zero attached hydrogens (tertiary/aromatic N) is 5. The molecule has 2 aliphatic rings. The summed E-state index contributed by atoms with van der Waals surface area (Å²) in [6, 6.07) is 11.1. The maximum Gasteiger partial charge on any atom is 0.249 e. The molecule has 1 aromatic carbocycles. The van der Waals surface area contributed by atoms with Crippen LogP contribution < -0.4 is 10.2 Å². The molecule has 5 rings (SSSR count). The molecule has 1 saturated heterocycles. The molecular weight excluding hydrogens is 609 g/mol. The summed E-state index contributed by atoms with van der Waals surface area (Å²) in [5, 5.41) is 27.6. The number of nitrogens with one attached hydrogen (secondary N) is 1. The third kappa shape index (κ3) is 7.12. The highest BCUT2D eigenvalue weighted by molar-refractivity contribution is 8.24. The van der Waals surface area contributed by atoms with Crippen molar-refractivity contribution in [2.24, 2.45) is 11.8 Å². The number of pyridine rings is 1. The van der Waals surface area contributed by atoms with Gasteiger partial charge >= 0.3 is 0 Å². The molecule has 0 bridgehead atoms. The Morgan fingerprint density at radius 1 is 1.18 bits per heavy atom. The highest BCUT2D eigenvalue weighted by atomic mass is 32.3. The topological polar surface area (TPSA) is 148 Å². The third-order valence-corrected chi connectivity index (χ3v) is 10.3. The Bertz CT molecular complexity index is 1550. The number of hydrogen-bond acceptors (Lipinski definition) is 8. The van der Waals surface area contributed by atoms with Crippen molar-refractivity contribution in [1.82, 2.24) is 20.1 Å². The Morgan fingerprint density at radius 2 is 1.87 bits per heavy atom. The molecule has 1 aliphatic carbocycles. The molecule has 14 heteroatoms. The van der Waals surface area contributed by atoms with Gasteiger partial charge in [0.2, 0.25) is 11.8 Å². The van der Waals surface area contributed by atoms with Crippen molar-refractivity contribution in [3.63, 3.8) is 0 Å². The van der Waals surface area contributed by atoms with Gasteiger partial charge in [-0.15, -0.1) is 0 Å². The summed E-state index contributed by atoms with van der Waals surface area (Å²) in [6.45, 7) is 3.93. The predicted octanol–water partition coefficient (Wildman–Crippen LogP) is 5.32. The van der Waals surface area contributed by atoms with E-state index in [0.29, 0.717) is 29.9 Å². The number of aliphatic hydroxyl groups excluding tert-OH is 1. The van der Waals surface area contributed by atoms with Crippen LogP contribution in [0.25, 0.3) is 16.9 Å². The maximum atomic E-state index is 14.8. The van der Waals surface area contributed by atoms with Gasteiger partial charge in [0.1, 0.15) is 11.9 Å². The molecule has 45 heavy (non-hydrogen) atoms. The molecule has 1 aliphatic heterocycles. The molecule has 1 saturated carbocycles. The Hall–Kier alpha value is -3.64. The number of benzene rings is 1. The van der Waals surface area contributed by atoms with Crippen LogP contribution in [0, 0.1) is 29.0 Å². The van der Waals surface area contributed by atoms with E-state index in [1.54, 1.807) is 26.0 Å². The van der Waals surface area contributed by atoms with Crippen molar-refractivity contribution in [1.29, 1.82) is 5.26 Å². The van der Waals surface area contributed by atoms with Gasteiger partial charge in [0.25, 0.3) is 0 Å². The van der Waals surface area contributed by atoms with Crippen LogP contribution in [0.3, 0.4) is 0 Å². The van der Waals surface area contributed by atoms with Gasteiger partial charge in [-0.2, -0.15) is 21.0 Å². The number of amides is 1. The fourth-order valence-electron chi connectivity index (χ4n) is 6.04. The number of aromatic nitrogens is 3. The second-order valence-electron chi connectivity index (χ2n) is 12.0. The lowest BCUT2D eigenvalue weighted by molar-refractivity contribution is -0.134. The van der Waals surface area contributed by atoms with Gasteiger partial charge in [-0.05, 0) is 42.2 Å². The quantitative estimate of drug-likeness (QED) is 0.257. The first-order valence-corrected chi connectivity index (χ1v) is 16.7. The lowest BCUT2D eigenvalue weighted by atomic mass is 9.73. The van der Waals surface area contributed by atoms with E-state index < -0.39 is 65.6 Å². The highest BCUT2D eigenvalue weighted by Crippen LogP contribution is 2.48. The number of anilines is 1. The van der Waals surface area contributed by atoms with Crippen molar-refractivity contribution in [2.45, 2.75) is 57.6 Å². The minimum atomic E-state index is -3.10. The zero-order valence-electron chi connectivity index (χ0n) is 25.0.